The zero-order valence-electron chi connectivity index (χ0n) is 21.5. The van der Waals surface area contributed by atoms with Crippen LogP contribution in [0.15, 0.2) is 77.7 Å². The number of hydrogen-bond acceptors (Lipinski definition) is 6. The molecule has 1 atom stereocenters. The third kappa shape index (κ3) is 5.66. The molecule has 0 radical (unpaired) electrons. The summed E-state index contributed by atoms with van der Waals surface area (Å²) in [6, 6.07) is 22.1. The first-order chi connectivity index (χ1) is 18.3. The van der Waals surface area contributed by atoms with E-state index in [2.05, 4.69) is 19.1 Å². The predicted molar refractivity (Wildman–Crippen MR) is 151 cm³/mol. The number of benzene rings is 3. The van der Waals surface area contributed by atoms with Crippen LogP contribution in [-0.2, 0) is 27.7 Å². The molecule has 0 aliphatic carbocycles. The fourth-order valence-electron chi connectivity index (χ4n) is 4.56. The van der Waals surface area contributed by atoms with Gasteiger partial charge in [0.2, 0.25) is 10.0 Å². The number of nitrogens with zero attached hydrogens (tertiary/aromatic N) is 3. The van der Waals surface area contributed by atoms with Crippen LogP contribution in [0.25, 0.3) is 10.2 Å². The number of thiazole rings is 1. The van der Waals surface area contributed by atoms with Crippen molar-refractivity contribution in [1.82, 2.24) is 9.29 Å². The predicted octanol–water partition coefficient (Wildman–Crippen LogP) is 5.51. The first-order valence-corrected chi connectivity index (χ1v) is 15.0. The number of carbonyl (C=O) groups excluding carboxylic acids is 1. The van der Waals surface area contributed by atoms with Crippen molar-refractivity contribution in [3.05, 3.63) is 89.5 Å². The van der Waals surface area contributed by atoms with Gasteiger partial charge in [-0.2, -0.15) is 4.31 Å². The monoisotopic (exact) mass is 549 g/mol. The molecular weight excluding hydrogens is 518 g/mol. The smallest absolute Gasteiger partial charge is 0.260 e. The molecule has 1 unspecified atom stereocenters. The summed E-state index contributed by atoms with van der Waals surface area (Å²) in [4.78, 5) is 20.4. The topological polar surface area (TPSA) is 79.8 Å². The van der Waals surface area contributed by atoms with E-state index in [0.29, 0.717) is 30.4 Å². The number of aryl methyl sites for hydroxylation is 1. The molecule has 9 heteroatoms. The third-order valence-corrected chi connectivity index (χ3v) is 9.68. The summed E-state index contributed by atoms with van der Waals surface area (Å²) < 4.78 is 34.2. The Labute approximate surface area is 227 Å². The fraction of sp³-hybridized carbons (Fsp3) is 0.310. The lowest BCUT2D eigenvalue weighted by molar-refractivity contribution is 0.0978. The van der Waals surface area contributed by atoms with Crippen molar-refractivity contribution < 1.29 is 17.9 Å². The van der Waals surface area contributed by atoms with E-state index < -0.39 is 10.0 Å². The van der Waals surface area contributed by atoms with E-state index in [1.54, 1.807) is 24.1 Å². The van der Waals surface area contributed by atoms with E-state index in [0.717, 1.165) is 35.0 Å². The van der Waals surface area contributed by atoms with Crippen LogP contribution >= 0.6 is 11.3 Å². The second-order valence-corrected chi connectivity index (χ2v) is 12.5. The maximum atomic E-state index is 13.8. The highest BCUT2D eigenvalue weighted by atomic mass is 32.2. The maximum absolute atomic E-state index is 13.8. The summed E-state index contributed by atoms with van der Waals surface area (Å²) in [7, 11) is -2.13. The molecular formula is C29H31N3O4S2. The van der Waals surface area contributed by atoms with Crippen LogP contribution in [0.4, 0.5) is 5.13 Å². The van der Waals surface area contributed by atoms with Crippen molar-refractivity contribution in [2.75, 3.05) is 25.1 Å². The van der Waals surface area contributed by atoms with Crippen LogP contribution in [0.1, 0.15) is 41.3 Å². The van der Waals surface area contributed by atoms with Gasteiger partial charge < -0.3 is 4.74 Å². The molecule has 38 heavy (non-hydrogen) atoms. The Morgan fingerprint density at radius 1 is 1.05 bits per heavy atom. The number of likely N-dealkylation sites (N-methyl/N-ethyl adjacent to an activating group) is 1. The quantitative estimate of drug-likeness (QED) is 0.275. The molecule has 2 heterocycles. The van der Waals surface area contributed by atoms with E-state index in [1.807, 2.05) is 36.4 Å². The molecule has 5 rings (SSSR count). The highest BCUT2D eigenvalue weighted by Crippen LogP contribution is 2.32. The van der Waals surface area contributed by atoms with Crippen molar-refractivity contribution in [2.45, 2.75) is 43.7 Å². The first kappa shape index (κ1) is 26.5. The lowest BCUT2D eigenvalue weighted by Crippen LogP contribution is -2.34. The summed E-state index contributed by atoms with van der Waals surface area (Å²) in [6.07, 6.45) is 2.65. The van der Waals surface area contributed by atoms with Gasteiger partial charge in [0.25, 0.3) is 5.91 Å². The molecule has 0 bridgehead atoms. The molecule has 0 saturated carbocycles. The van der Waals surface area contributed by atoms with Crippen LogP contribution in [0.5, 0.6) is 0 Å². The van der Waals surface area contributed by atoms with Gasteiger partial charge in [-0.05, 0) is 66.8 Å². The second kappa shape index (κ2) is 11.3. The molecule has 3 aromatic carbocycles. The molecule has 4 aromatic rings. The van der Waals surface area contributed by atoms with E-state index >= 15 is 0 Å². The van der Waals surface area contributed by atoms with Crippen molar-refractivity contribution in [3.63, 3.8) is 0 Å². The summed E-state index contributed by atoms with van der Waals surface area (Å²) in [6.45, 7) is 3.44. The second-order valence-electron chi connectivity index (χ2n) is 9.47. The largest absolute Gasteiger partial charge is 0.377 e. The summed E-state index contributed by atoms with van der Waals surface area (Å²) >= 11 is 1.48. The SMILES string of the molecule is CCc1ccc2nc(N(Cc3ccccc3)C(=O)c3ccc(S(=O)(=O)N(C)CC4CCCO4)cc3)sc2c1. The number of fused-ring (bicyclic) bond motifs is 1. The standard InChI is InChI=1S/C29H31N3O4S2/c1-3-21-11-16-26-27(18-21)37-29(30-26)32(19-22-8-5-4-6-9-22)28(33)23-12-14-25(15-13-23)38(34,35)31(2)20-24-10-7-17-36-24/h4-6,8-9,11-16,18,24H,3,7,10,17,19-20H2,1-2H3. The van der Waals surface area contributed by atoms with Crippen LogP contribution in [0, 0.1) is 0 Å². The number of ether oxygens (including phenoxy) is 1. The van der Waals surface area contributed by atoms with Crippen LogP contribution in [-0.4, -0.2) is 49.9 Å². The molecule has 1 amide bonds. The van der Waals surface area contributed by atoms with Gasteiger partial charge in [-0.3, -0.25) is 9.69 Å². The Hall–Kier alpha value is -3.11. The number of sulfonamides is 1. The maximum Gasteiger partial charge on any atom is 0.260 e. The molecule has 1 aliphatic rings. The van der Waals surface area contributed by atoms with Gasteiger partial charge in [-0.25, -0.2) is 13.4 Å². The van der Waals surface area contributed by atoms with Crippen LogP contribution in [0.2, 0.25) is 0 Å². The Kier molecular flexibility index (Phi) is 7.90. The first-order valence-electron chi connectivity index (χ1n) is 12.8. The molecule has 1 aromatic heterocycles. The van der Waals surface area contributed by atoms with Crippen molar-refractivity contribution >= 4 is 42.6 Å². The lowest BCUT2D eigenvalue weighted by Gasteiger charge is -2.22. The minimum absolute atomic E-state index is 0.0793. The van der Waals surface area contributed by atoms with Crippen molar-refractivity contribution in [1.29, 1.82) is 0 Å². The van der Waals surface area contributed by atoms with Gasteiger partial charge in [-0.15, -0.1) is 0 Å². The highest BCUT2D eigenvalue weighted by molar-refractivity contribution is 7.89. The fourth-order valence-corrected chi connectivity index (χ4v) is 6.79. The Bertz CT molecular complexity index is 1510. The minimum Gasteiger partial charge on any atom is -0.377 e. The van der Waals surface area contributed by atoms with Gasteiger partial charge in [-0.1, -0.05) is 54.7 Å². The normalized spacial score (nSPS) is 15.8. The van der Waals surface area contributed by atoms with E-state index in [4.69, 9.17) is 9.72 Å². The molecule has 1 fully saturated rings. The van der Waals surface area contributed by atoms with Gasteiger partial charge >= 0.3 is 0 Å². The van der Waals surface area contributed by atoms with E-state index in [-0.39, 0.29) is 16.9 Å². The third-order valence-electron chi connectivity index (χ3n) is 6.80. The number of rotatable bonds is 9. The molecule has 198 valence electrons. The Morgan fingerprint density at radius 2 is 1.82 bits per heavy atom. The summed E-state index contributed by atoms with van der Waals surface area (Å²) in [5, 5.41) is 0.607. The molecule has 1 aliphatic heterocycles. The average molecular weight is 550 g/mol. The van der Waals surface area contributed by atoms with Gasteiger partial charge in [0, 0.05) is 25.8 Å². The average Bonchev–Trinajstić information content (AvgIpc) is 3.61. The number of carbonyl (C=O) groups is 1. The van der Waals surface area contributed by atoms with E-state index in [9.17, 15) is 13.2 Å². The van der Waals surface area contributed by atoms with Crippen molar-refractivity contribution in [3.8, 4) is 0 Å². The number of aromatic nitrogens is 1. The van der Waals surface area contributed by atoms with Crippen LogP contribution < -0.4 is 4.90 Å². The molecule has 7 nitrogen and oxygen atoms in total. The molecule has 0 N–H and O–H groups in total. The Balaban J connectivity index is 1.42. The number of amides is 1. The summed E-state index contributed by atoms with van der Waals surface area (Å²) in [5.41, 5.74) is 3.44. The Morgan fingerprint density at radius 3 is 2.50 bits per heavy atom. The number of hydrogen-bond donors (Lipinski definition) is 0. The molecule has 1 saturated heterocycles. The highest BCUT2D eigenvalue weighted by Gasteiger charge is 2.27. The lowest BCUT2D eigenvalue weighted by atomic mass is 10.1. The zero-order valence-corrected chi connectivity index (χ0v) is 23.2. The summed E-state index contributed by atoms with van der Waals surface area (Å²) in [5.74, 6) is -0.236. The van der Waals surface area contributed by atoms with E-state index in [1.165, 1.54) is 33.3 Å². The zero-order chi connectivity index (χ0) is 26.7. The van der Waals surface area contributed by atoms with Gasteiger partial charge in [0.05, 0.1) is 27.8 Å². The van der Waals surface area contributed by atoms with Crippen molar-refractivity contribution in [2.24, 2.45) is 0 Å². The van der Waals surface area contributed by atoms with Crippen LogP contribution in [0.3, 0.4) is 0 Å². The van der Waals surface area contributed by atoms with Gasteiger partial charge in [0.15, 0.2) is 5.13 Å². The molecule has 0 spiro atoms. The minimum atomic E-state index is -3.70. The number of anilines is 1. The van der Waals surface area contributed by atoms with Gasteiger partial charge in [0.1, 0.15) is 0 Å².